The van der Waals surface area contributed by atoms with Gasteiger partial charge in [-0.15, -0.1) is 0 Å². The van der Waals surface area contributed by atoms with Gasteiger partial charge in [0.1, 0.15) is 17.0 Å². The van der Waals surface area contributed by atoms with Crippen LogP contribution in [-0.2, 0) is 11.2 Å². The van der Waals surface area contributed by atoms with Gasteiger partial charge in [0.2, 0.25) is 0 Å². The van der Waals surface area contributed by atoms with Crippen LogP contribution in [0.4, 0.5) is 5.69 Å². The van der Waals surface area contributed by atoms with Crippen LogP contribution in [0.2, 0.25) is 5.02 Å². The minimum absolute atomic E-state index is 0.206. The fourth-order valence-electron chi connectivity index (χ4n) is 3.00. The lowest BCUT2D eigenvalue weighted by Gasteiger charge is -2.14. The Hall–Kier alpha value is -2.79. The largest absolute Gasteiger partial charge is 0.494 e. The van der Waals surface area contributed by atoms with Crippen molar-refractivity contribution in [2.24, 2.45) is 0 Å². The van der Waals surface area contributed by atoms with E-state index in [0.717, 1.165) is 10.9 Å². The van der Waals surface area contributed by atoms with Crippen LogP contribution in [0.15, 0.2) is 48.7 Å². The van der Waals surface area contributed by atoms with Crippen LogP contribution in [0.5, 0.6) is 11.5 Å². The Morgan fingerprint density at radius 2 is 2.20 bits per heavy atom. The summed E-state index contributed by atoms with van der Waals surface area (Å²) in [6.45, 7) is 0. The number of aromatic nitrogens is 1. The standard InChI is InChI=1S/C19H15ClN2O3/c1-24-16-7-5-14(13-3-2-8-21-18(13)16)22-19(23)17-10-11-9-12(20)4-6-15(11)25-17/h2-9,17H,10H2,1H3,(H,22,23). The third-order valence-electron chi connectivity index (χ3n) is 4.20. The second-order valence-corrected chi connectivity index (χ2v) is 6.20. The highest BCUT2D eigenvalue weighted by Crippen LogP contribution is 2.33. The smallest absolute Gasteiger partial charge is 0.265 e. The number of methoxy groups -OCH3 is 1. The lowest BCUT2D eigenvalue weighted by molar-refractivity contribution is -0.122. The van der Waals surface area contributed by atoms with Crippen molar-refractivity contribution in [1.29, 1.82) is 0 Å². The van der Waals surface area contributed by atoms with E-state index in [-0.39, 0.29) is 5.91 Å². The van der Waals surface area contributed by atoms with E-state index in [1.54, 1.807) is 37.6 Å². The molecular formula is C19H15ClN2O3. The van der Waals surface area contributed by atoms with Crippen LogP contribution >= 0.6 is 11.6 Å². The number of hydrogen-bond donors (Lipinski definition) is 1. The Morgan fingerprint density at radius 1 is 1.32 bits per heavy atom. The number of fused-ring (bicyclic) bond motifs is 2. The van der Waals surface area contributed by atoms with Gasteiger partial charge in [-0.05, 0) is 48.0 Å². The summed E-state index contributed by atoms with van der Waals surface area (Å²) < 4.78 is 11.1. The van der Waals surface area contributed by atoms with Crippen molar-refractivity contribution in [1.82, 2.24) is 4.98 Å². The highest BCUT2D eigenvalue weighted by molar-refractivity contribution is 6.30. The van der Waals surface area contributed by atoms with Crippen LogP contribution in [-0.4, -0.2) is 24.1 Å². The second-order valence-electron chi connectivity index (χ2n) is 5.77. The molecule has 1 aromatic heterocycles. The minimum atomic E-state index is -0.581. The molecule has 6 heteroatoms. The number of nitrogens with one attached hydrogen (secondary N) is 1. The maximum absolute atomic E-state index is 12.6. The number of carbonyl (C=O) groups excluding carboxylic acids is 1. The summed E-state index contributed by atoms with van der Waals surface area (Å²) in [5.74, 6) is 1.15. The van der Waals surface area contributed by atoms with Crippen molar-refractivity contribution < 1.29 is 14.3 Å². The number of amides is 1. The van der Waals surface area contributed by atoms with Crippen molar-refractivity contribution in [3.8, 4) is 11.5 Å². The van der Waals surface area contributed by atoms with Gasteiger partial charge in [0.05, 0.1) is 12.8 Å². The molecule has 25 heavy (non-hydrogen) atoms. The van der Waals surface area contributed by atoms with Crippen molar-refractivity contribution in [3.63, 3.8) is 0 Å². The first-order chi connectivity index (χ1) is 12.2. The van der Waals surface area contributed by atoms with E-state index in [2.05, 4.69) is 10.3 Å². The van der Waals surface area contributed by atoms with Crippen LogP contribution in [0.3, 0.4) is 0 Å². The van der Waals surface area contributed by atoms with Gasteiger partial charge in [-0.3, -0.25) is 9.78 Å². The van der Waals surface area contributed by atoms with E-state index in [1.165, 1.54) is 0 Å². The van der Waals surface area contributed by atoms with E-state index in [1.807, 2.05) is 18.2 Å². The first-order valence-electron chi connectivity index (χ1n) is 7.83. The molecule has 2 heterocycles. The number of nitrogens with zero attached hydrogens (tertiary/aromatic N) is 1. The number of rotatable bonds is 3. The molecule has 1 atom stereocenters. The van der Waals surface area contributed by atoms with Crippen LogP contribution in [0.25, 0.3) is 10.9 Å². The molecule has 4 rings (SSSR count). The molecule has 0 fully saturated rings. The van der Waals surface area contributed by atoms with Gasteiger partial charge >= 0.3 is 0 Å². The Balaban J connectivity index is 1.59. The summed E-state index contributed by atoms with van der Waals surface area (Å²) in [7, 11) is 1.59. The van der Waals surface area contributed by atoms with Gasteiger partial charge in [0.15, 0.2) is 6.10 Å². The Labute approximate surface area is 149 Å². The molecular weight excluding hydrogens is 340 g/mol. The SMILES string of the molecule is COc1ccc(NC(=O)C2Cc3cc(Cl)ccc3O2)c2cccnc12. The summed E-state index contributed by atoms with van der Waals surface area (Å²) in [6.07, 6.45) is 1.60. The van der Waals surface area contributed by atoms with E-state index in [4.69, 9.17) is 21.1 Å². The van der Waals surface area contributed by atoms with Crippen molar-refractivity contribution in [3.05, 3.63) is 59.2 Å². The van der Waals surface area contributed by atoms with E-state index >= 15 is 0 Å². The average molecular weight is 355 g/mol. The molecule has 0 aliphatic carbocycles. The molecule has 5 nitrogen and oxygen atoms in total. The molecule has 1 unspecified atom stereocenters. The number of ether oxygens (including phenoxy) is 2. The number of anilines is 1. The van der Waals surface area contributed by atoms with Crippen LogP contribution in [0.1, 0.15) is 5.56 Å². The fraction of sp³-hybridized carbons (Fsp3) is 0.158. The van der Waals surface area contributed by atoms with E-state index in [0.29, 0.717) is 34.1 Å². The normalized spacial score (nSPS) is 15.5. The molecule has 1 aliphatic rings. The molecule has 1 aliphatic heterocycles. The number of hydrogen-bond acceptors (Lipinski definition) is 4. The zero-order valence-corrected chi connectivity index (χ0v) is 14.2. The number of pyridine rings is 1. The Bertz CT molecular complexity index is 974. The lowest BCUT2D eigenvalue weighted by Crippen LogP contribution is -2.31. The molecule has 126 valence electrons. The van der Waals surface area contributed by atoms with Crippen LogP contribution < -0.4 is 14.8 Å². The monoisotopic (exact) mass is 354 g/mol. The lowest BCUT2D eigenvalue weighted by atomic mass is 10.1. The third-order valence-corrected chi connectivity index (χ3v) is 4.44. The molecule has 0 radical (unpaired) electrons. The molecule has 0 saturated heterocycles. The second kappa shape index (κ2) is 6.26. The van der Waals surface area contributed by atoms with Crippen LogP contribution in [0, 0.1) is 0 Å². The van der Waals surface area contributed by atoms with Gasteiger partial charge in [-0.25, -0.2) is 0 Å². The van der Waals surface area contributed by atoms with E-state index in [9.17, 15) is 4.79 Å². The average Bonchev–Trinajstić information content (AvgIpc) is 3.05. The summed E-state index contributed by atoms with van der Waals surface area (Å²) in [6, 6.07) is 12.7. The molecule has 0 spiro atoms. The van der Waals surface area contributed by atoms with Gasteiger partial charge < -0.3 is 14.8 Å². The maximum atomic E-state index is 12.6. The Morgan fingerprint density at radius 3 is 3.04 bits per heavy atom. The predicted octanol–water partition coefficient (Wildman–Crippen LogP) is 3.84. The number of carbonyl (C=O) groups is 1. The molecule has 1 amide bonds. The van der Waals surface area contributed by atoms with E-state index < -0.39 is 6.10 Å². The van der Waals surface area contributed by atoms with Gasteiger partial charge in [-0.1, -0.05) is 11.6 Å². The number of benzene rings is 2. The van der Waals surface area contributed by atoms with Gasteiger partial charge in [0.25, 0.3) is 5.91 Å². The molecule has 3 aromatic rings. The molecule has 0 saturated carbocycles. The van der Waals surface area contributed by atoms with Crippen molar-refractivity contribution in [2.45, 2.75) is 12.5 Å². The molecule has 1 N–H and O–H groups in total. The fourth-order valence-corrected chi connectivity index (χ4v) is 3.19. The van der Waals surface area contributed by atoms with Gasteiger partial charge in [0, 0.05) is 23.0 Å². The third kappa shape index (κ3) is 2.87. The quantitative estimate of drug-likeness (QED) is 0.776. The maximum Gasteiger partial charge on any atom is 0.265 e. The highest BCUT2D eigenvalue weighted by Gasteiger charge is 2.29. The predicted molar refractivity (Wildman–Crippen MR) is 96.5 cm³/mol. The van der Waals surface area contributed by atoms with Crippen molar-refractivity contribution >= 4 is 34.1 Å². The molecule has 0 bridgehead atoms. The minimum Gasteiger partial charge on any atom is -0.494 e. The summed E-state index contributed by atoms with van der Waals surface area (Å²) in [5, 5.41) is 4.38. The Kier molecular flexibility index (Phi) is 3.93. The first kappa shape index (κ1) is 15.7. The summed E-state index contributed by atoms with van der Waals surface area (Å²) in [4.78, 5) is 17.0. The topological polar surface area (TPSA) is 60.5 Å². The number of halogens is 1. The zero-order valence-electron chi connectivity index (χ0n) is 13.5. The zero-order chi connectivity index (χ0) is 17.4. The molecule has 2 aromatic carbocycles. The highest BCUT2D eigenvalue weighted by atomic mass is 35.5. The van der Waals surface area contributed by atoms with Gasteiger partial charge in [-0.2, -0.15) is 0 Å². The first-order valence-corrected chi connectivity index (χ1v) is 8.21. The summed E-state index contributed by atoms with van der Waals surface area (Å²) in [5.41, 5.74) is 2.31. The summed E-state index contributed by atoms with van der Waals surface area (Å²) >= 11 is 6.00. The van der Waals surface area contributed by atoms with Crippen molar-refractivity contribution in [2.75, 3.05) is 12.4 Å².